The van der Waals surface area contributed by atoms with Crippen LogP contribution in [0.3, 0.4) is 0 Å². The van der Waals surface area contributed by atoms with Gasteiger partial charge < -0.3 is 9.30 Å². The summed E-state index contributed by atoms with van der Waals surface area (Å²) in [7, 11) is 1.64. The minimum atomic E-state index is 0.0480. The highest BCUT2D eigenvalue weighted by molar-refractivity contribution is 9.10. The van der Waals surface area contributed by atoms with E-state index in [9.17, 15) is 0 Å². The van der Waals surface area contributed by atoms with Gasteiger partial charge in [-0.1, -0.05) is 34.1 Å². The van der Waals surface area contributed by atoms with Crippen LogP contribution < -0.4 is 15.5 Å². The number of nitrogens with zero attached hydrogens (tertiary/aromatic N) is 4. The third-order valence-electron chi connectivity index (χ3n) is 6.10. The lowest BCUT2D eigenvalue weighted by Gasteiger charge is -2.36. The summed E-state index contributed by atoms with van der Waals surface area (Å²) < 4.78 is 8.64. The number of hydrogen-bond donors (Lipinski definition) is 2. The maximum Gasteiger partial charge on any atom is 0.238 e. The van der Waals surface area contributed by atoms with E-state index in [1.807, 2.05) is 35.9 Å². The Kier molecular flexibility index (Phi) is 6.10. The molecular formula is C24H27BrN6O. The normalized spacial score (nSPS) is 23.5. The van der Waals surface area contributed by atoms with E-state index in [1.165, 1.54) is 22.9 Å². The number of methoxy groups -OCH3 is 1. The third kappa shape index (κ3) is 4.23. The topological polar surface area (TPSA) is 67.2 Å². The largest absolute Gasteiger partial charge is 0.479 e. The Morgan fingerprint density at radius 3 is 2.88 bits per heavy atom. The molecule has 2 aromatic heterocycles. The maximum absolute atomic E-state index is 5.54. The zero-order chi connectivity index (χ0) is 22.1. The van der Waals surface area contributed by atoms with E-state index in [2.05, 4.69) is 72.0 Å². The molecular weight excluding hydrogens is 468 g/mol. The molecule has 2 saturated heterocycles. The van der Waals surface area contributed by atoms with Crippen molar-refractivity contribution in [3.8, 4) is 11.6 Å². The second kappa shape index (κ2) is 9.15. The molecule has 7 nitrogen and oxygen atoms in total. The SMILES string of the molecule is COc1nc(/C=C/C2NC3[C@H](c4ccccc4Br)CCCN3N2)ccc1-n1cnc(C)c1. The number of rotatable bonds is 5. The minimum Gasteiger partial charge on any atom is -0.479 e. The summed E-state index contributed by atoms with van der Waals surface area (Å²) in [6.45, 7) is 3.00. The van der Waals surface area contributed by atoms with Crippen molar-refractivity contribution in [2.45, 2.75) is 38.0 Å². The van der Waals surface area contributed by atoms with Crippen molar-refractivity contribution in [1.82, 2.24) is 30.3 Å². The molecule has 2 fully saturated rings. The smallest absolute Gasteiger partial charge is 0.238 e. The van der Waals surface area contributed by atoms with Crippen molar-refractivity contribution < 1.29 is 4.74 Å². The van der Waals surface area contributed by atoms with Gasteiger partial charge in [0.15, 0.2) is 0 Å². The van der Waals surface area contributed by atoms with E-state index in [0.29, 0.717) is 11.8 Å². The van der Waals surface area contributed by atoms with Gasteiger partial charge in [-0.15, -0.1) is 0 Å². The summed E-state index contributed by atoms with van der Waals surface area (Å²) >= 11 is 3.74. The number of imidazole rings is 1. The van der Waals surface area contributed by atoms with Gasteiger partial charge in [0.25, 0.3) is 0 Å². The highest BCUT2D eigenvalue weighted by atomic mass is 79.9. The van der Waals surface area contributed by atoms with Gasteiger partial charge in [0.1, 0.15) is 5.69 Å². The van der Waals surface area contributed by atoms with Crippen LogP contribution in [-0.4, -0.2) is 45.5 Å². The number of pyridine rings is 1. The fraction of sp³-hybridized carbons (Fsp3) is 0.333. The number of nitrogens with one attached hydrogen (secondary N) is 2. The molecule has 32 heavy (non-hydrogen) atoms. The van der Waals surface area contributed by atoms with E-state index in [-0.39, 0.29) is 12.3 Å². The van der Waals surface area contributed by atoms with Crippen LogP contribution in [0.25, 0.3) is 11.8 Å². The van der Waals surface area contributed by atoms with E-state index in [4.69, 9.17) is 4.74 Å². The Morgan fingerprint density at radius 1 is 1.22 bits per heavy atom. The lowest BCUT2D eigenvalue weighted by molar-refractivity contribution is 0.114. The number of piperidine rings is 1. The minimum absolute atomic E-state index is 0.0480. The molecule has 2 N–H and O–H groups in total. The lowest BCUT2D eigenvalue weighted by atomic mass is 9.88. The van der Waals surface area contributed by atoms with Crippen molar-refractivity contribution in [3.05, 3.63) is 76.4 Å². The number of aromatic nitrogens is 3. The molecule has 0 bridgehead atoms. The number of ether oxygens (including phenoxy) is 1. The van der Waals surface area contributed by atoms with Gasteiger partial charge in [0.2, 0.25) is 5.88 Å². The highest BCUT2D eigenvalue weighted by Gasteiger charge is 2.39. The first-order valence-corrected chi connectivity index (χ1v) is 11.7. The summed E-state index contributed by atoms with van der Waals surface area (Å²) in [5, 5.41) is 6.08. The second-order valence-corrected chi connectivity index (χ2v) is 9.08. The maximum atomic E-state index is 5.54. The van der Waals surface area contributed by atoms with Crippen LogP contribution in [-0.2, 0) is 0 Å². The van der Waals surface area contributed by atoms with Gasteiger partial charge in [-0.3, -0.25) is 5.32 Å². The molecule has 0 aliphatic carbocycles. The van der Waals surface area contributed by atoms with Crippen molar-refractivity contribution in [2.24, 2.45) is 0 Å². The van der Waals surface area contributed by atoms with Crippen LogP contribution in [0.15, 0.2) is 59.5 Å². The van der Waals surface area contributed by atoms with Crippen LogP contribution in [0.5, 0.6) is 5.88 Å². The van der Waals surface area contributed by atoms with Gasteiger partial charge in [-0.05, 0) is 55.7 Å². The number of fused-ring (bicyclic) bond motifs is 1. The molecule has 2 aliphatic rings. The molecule has 0 radical (unpaired) electrons. The van der Waals surface area contributed by atoms with Crippen LogP contribution in [0.1, 0.15) is 35.7 Å². The number of benzene rings is 1. The van der Waals surface area contributed by atoms with Crippen LogP contribution in [0, 0.1) is 6.92 Å². The monoisotopic (exact) mass is 494 g/mol. The predicted octanol–water partition coefficient (Wildman–Crippen LogP) is 4.00. The number of halogens is 1. The van der Waals surface area contributed by atoms with Gasteiger partial charge in [-0.25, -0.2) is 20.4 Å². The van der Waals surface area contributed by atoms with Crippen LogP contribution in [0.4, 0.5) is 0 Å². The molecule has 0 spiro atoms. The highest BCUT2D eigenvalue weighted by Crippen LogP contribution is 2.36. The molecule has 2 unspecified atom stereocenters. The van der Waals surface area contributed by atoms with Gasteiger partial charge >= 0.3 is 0 Å². The fourth-order valence-electron chi connectivity index (χ4n) is 4.58. The van der Waals surface area contributed by atoms with Crippen molar-refractivity contribution >= 4 is 22.0 Å². The fourth-order valence-corrected chi connectivity index (χ4v) is 5.16. The molecule has 3 aromatic rings. The van der Waals surface area contributed by atoms with Gasteiger partial charge in [0.05, 0.1) is 37.2 Å². The summed E-state index contributed by atoms with van der Waals surface area (Å²) in [6.07, 6.45) is 10.5. The summed E-state index contributed by atoms with van der Waals surface area (Å²) in [5.41, 5.74) is 7.63. The Bertz CT molecular complexity index is 1130. The van der Waals surface area contributed by atoms with Crippen LogP contribution in [0.2, 0.25) is 0 Å². The van der Waals surface area contributed by atoms with E-state index >= 15 is 0 Å². The van der Waals surface area contributed by atoms with E-state index in [1.54, 1.807) is 13.4 Å². The van der Waals surface area contributed by atoms with E-state index < -0.39 is 0 Å². The third-order valence-corrected chi connectivity index (χ3v) is 6.82. The van der Waals surface area contributed by atoms with Crippen molar-refractivity contribution in [3.63, 3.8) is 0 Å². The average Bonchev–Trinajstić information content (AvgIpc) is 3.43. The first-order valence-electron chi connectivity index (χ1n) is 10.9. The molecule has 2 aliphatic heterocycles. The summed E-state index contributed by atoms with van der Waals surface area (Å²) in [5.74, 6) is 1.00. The summed E-state index contributed by atoms with van der Waals surface area (Å²) in [4.78, 5) is 8.96. The Morgan fingerprint density at radius 2 is 2.09 bits per heavy atom. The first kappa shape index (κ1) is 21.3. The van der Waals surface area contributed by atoms with Gasteiger partial charge in [-0.2, -0.15) is 0 Å². The second-order valence-electron chi connectivity index (χ2n) is 8.23. The molecule has 8 heteroatoms. The van der Waals surface area contributed by atoms with Crippen molar-refractivity contribution in [1.29, 1.82) is 0 Å². The zero-order valence-electron chi connectivity index (χ0n) is 18.2. The lowest BCUT2D eigenvalue weighted by Crippen LogP contribution is -2.47. The van der Waals surface area contributed by atoms with Gasteiger partial charge in [0, 0.05) is 23.1 Å². The number of aryl methyl sites for hydroxylation is 1. The quantitative estimate of drug-likeness (QED) is 0.558. The molecule has 3 atom stereocenters. The zero-order valence-corrected chi connectivity index (χ0v) is 19.8. The van der Waals surface area contributed by atoms with Crippen LogP contribution >= 0.6 is 15.9 Å². The molecule has 0 saturated carbocycles. The average molecular weight is 495 g/mol. The number of hydrogen-bond acceptors (Lipinski definition) is 6. The Hall–Kier alpha value is -2.52. The molecule has 0 amide bonds. The molecule has 1 aromatic carbocycles. The van der Waals surface area contributed by atoms with E-state index in [0.717, 1.165) is 23.6 Å². The standard InChI is InChI=1S/C24H27BrN6O/c1-16-14-30(15-26-16)21-11-9-17(27-24(21)32-2)10-12-22-28-23-19(7-5-13-31(23)29-22)18-6-3-4-8-20(18)25/h3-4,6,8-12,14-15,19,22-23,28-29H,5,7,13H2,1-2H3/b12-10+/t19-,22?,23?/m0/s1. The molecule has 5 rings (SSSR count). The number of hydrazine groups is 1. The predicted molar refractivity (Wildman–Crippen MR) is 128 cm³/mol. The Balaban J connectivity index is 1.32. The molecule has 166 valence electrons. The first-order chi connectivity index (χ1) is 15.6. The Labute approximate surface area is 196 Å². The molecule has 4 heterocycles. The van der Waals surface area contributed by atoms with Crippen molar-refractivity contribution in [2.75, 3.05) is 13.7 Å². The summed E-state index contributed by atoms with van der Waals surface area (Å²) in [6, 6.07) is 12.5.